The van der Waals surface area contributed by atoms with Crippen LogP contribution in [0.3, 0.4) is 0 Å². The fourth-order valence-electron chi connectivity index (χ4n) is 4.35. The van der Waals surface area contributed by atoms with Gasteiger partial charge in [-0.25, -0.2) is 0 Å². The van der Waals surface area contributed by atoms with Crippen LogP contribution in [0, 0.1) is 0 Å². The van der Waals surface area contributed by atoms with Crippen LogP contribution in [0.15, 0.2) is 60.7 Å². The first-order valence-corrected chi connectivity index (χ1v) is 11.9. The van der Waals surface area contributed by atoms with Gasteiger partial charge in [-0.05, 0) is 79.1 Å². The number of benzene rings is 3. The first-order valence-electron chi connectivity index (χ1n) is 11.5. The average molecular weight is 493 g/mol. The van der Waals surface area contributed by atoms with Gasteiger partial charge in [0.15, 0.2) is 11.5 Å². The molecule has 0 aromatic heterocycles. The smallest absolute Gasteiger partial charge is 0.232 e. The average Bonchev–Trinajstić information content (AvgIpc) is 2.83. The number of halogens is 1. The van der Waals surface area contributed by atoms with Gasteiger partial charge < -0.3 is 19.3 Å². The fraction of sp³-hybridized carbons (Fsp3) is 0.286. The summed E-state index contributed by atoms with van der Waals surface area (Å²) in [7, 11) is 3.32. The van der Waals surface area contributed by atoms with E-state index >= 15 is 0 Å². The summed E-state index contributed by atoms with van der Waals surface area (Å²) in [6.07, 6.45) is 0.190. The maximum atomic E-state index is 13.6. The van der Waals surface area contributed by atoms with Gasteiger partial charge in [-0.1, -0.05) is 23.7 Å². The lowest BCUT2D eigenvalue weighted by atomic mass is 9.86. The van der Waals surface area contributed by atoms with Gasteiger partial charge >= 0.3 is 0 Å². The predicted octanol–water partition coefficient (Wildman–Crippen LogP) is 5.80. The molecule has 2 amide bonds. The number of anilines is 2. The first kappa shape index (κ1) is 24.6. The van der Waals surface area contributed by atoms with E-state index in [1.807, 2.05) is 74.5 Å². The summed E-state index contributed by atoms with van der Waals surface area (Å²) in [5.74, 6) is 1.13. The molecule has 0 fully saturated rings. The van der Waals surface area contributed by atoms with Gasteiger partial charge in [0.25, 0.3) is 0 Å². The zero-order chi connectivity index (χ0) is 25.3. The Kier molecular flexibility index (Phi) is 7.03. The SMILES string of the molecule is COc1cc2c(cc1OC(C)C)C(c1ccc(Cl)cc1)N(c1ccc(N(C)C(C)=O)cc1)C(=O)C2. The minimum Gasteiger partial charge on any atom is -0.493 e. The van der Waals surface area contributed by atoms with Gasteiger partial charge in [0.1, 0.15) is 0 Å². The molecule has 0 aliphatic carbocycles. The number of amides is 2. The highest BCUT2D eigenvalue weighted by Gasteiger charge is 2.36. The molecule has 7 heteroatoms. The summed E-state index contributed by atoms with van der Waals surface area (Å²) in [4.78, 5) is 28.7. The molecule has 3 aromatic rings. The molecule has 6 nitrogen and oxygen atoms in total. The summed E-state index contributed by atoms with van der Waals surface area (Å²) in [6.45, 7) is 5.44. The zero-order valence-corrected chi connectivity index (χ0v) is 21.3. The molecule has 0 bridgehead atoms. The van der Waals surface area contributed by atoms with Crippen LogP contribution in [-0.2, 0) is 16.0 Å². The Labute approximate surface area is 211 Å². The third-order valence-corrected chi connectivity index (χ3v) is 6.38. The summed E-state index contributed by atoms with van der Waals surface area (Å²) >= 11 is 6.18. The number of ether oxygens (including phenoxy) is 2. The molecular weight excluding hydrogens is 464 g/mol. The first-order chi connectivity index (χ1) is 16.7. The van der Waals surface area contributed by atoms with Crippen molar-refractivity contribution in [1.82, 2.24) is 0 Å². The number of fused-ring (bicyclic) bond motifs is 1. The maximum absolute atomic E-state index is 13.6. The summed E-state index contributed by atoms with van der Waals surface area (Å²) in [5, 5.41) is 0.623. The molecule has 1 aliphatic rings. The van der Waals surface area contributed by atoms with E-state index in [0.717, 1.165) is 28.1 Å². The number of methoxy groups -OCH3 is 1. The highest BCUT2D eigenvalue weighted by atomic mass is 35.5. The van der Waals surface area contributed by atoms with Crippen molar-refractivity contribution >= 4 is 34.8 Å². The minimum absolute atomic E-state index is 0.0373. The van der Waals surface area contributed by atoms with E-state index in [9.17, 15) is 9.59 Å². The molecule has 0 saturated carbocycles. The third-order valence-electron chi connectivity index (χ3n) is 6.12. The number of hydrogen-bond acceptors (Lipinski definition) is 4. The minimum atomic E-state index is -0.389. The molecule has 0 radical (unpaired) electrons. The number of carbonyl (C=O) groups is 2. The van der Waals surface area contributed by atoms with Crippen molar-refractivity contribution in [3.05, 3.63) is 82.4 Å². The lowest BCUT2D eigenvalue weighted by Gasteiger charge is -2.38. The van der Waals surface area contributed by atoms with Crippen molar-refractivity contribution in [3.63, 3.8) is 0 Å². The second kappa shape index (κ2) is 10.0. The highest BCUT2D eigenvalue weighted by Crippen LogP contribution is 2.44. The largest absolute Gasteiger partial charge is 0.493 e. The van der Waals surface area contributed by atoms with Crippen LogP contribution >= 0.6 is 11.6 Å². The Hall–Kier alpha value is -3.51. The Balaban J connectivity index is 1.87. The standard InChI is InChI=1S/C28H29ClN2O4/c1-17(2)35-26-16-24-20(14-25(26)34-5)15-27(33)31(28(24)19-6-8-21(29)9-7-19)23-12-10-22(11-13-23)30(4)18(3)32/h6-14,16-17,28H,15H2,1-5H3. The zero-order valence-electron chi connectivity index (χ0n) is 20.5. The summed E-state index contributed by atoms with van der Waals surface area (Å²) in [5.41, 5.74) is 4.28. The second-order valence-electron chi connectivity index (χ2n) is 8.86. The van der Waals surface area contributed by atoms with Crippen LogP contribution in [0.2, 0.25) is 5.02 Å². The molecule has 0 saturated heterocycles. The van der Waals surface area contributed by atoms with Crippen LogP contribution in [0.5, 0.6) is 11.5 Å². The topological polar surface area (TPSA) is 59.1 Å². The Bertz CT molecular complexity index is 1240. The van der Waals surface area contributed by atoms with Crippen LogP contribution in [0.4, 0.5) is 11.4 Å². The van der Waals surface area contributed by atoms with Gasteiger partial charge in [0.05, 0.1) is 25.7 Å². The van der Waals surface area contributed by atoms with Gasteiger partial charge in [0, 0.05) is 30.4 Å². The fourth-order valence-corrected chi connectivity index (χ4v) is 4.47. The van der Waals surface area contributed by atoms with Crippen LogP contribution in [0.25, 0.3) is 0 Å². The number of hydrogen-bond donors (Lipinski definition) is 0. The Morgan fingerprint density at radius 2 is 1.71 bits per heavy atom. The lowest BCUT2D eigenvalue weighted by molar-refractivity contribution is -0.119. The monoisotopic (exact) mass is 492 g/mol. The molecule has 182 valence electrons. The van der Waals surface area contributed by atoms with E-state index in [-0.39, 0.29) is 30.4 Å². The third kappa shape index (κ3) is 4.98. The molecule has 0 spiro atoms. The van der Waals surface area contributed by atoms with Crippen molar-refractivity contribution in [3.8, 4) is 11.5 Å². The molecular formula is C28H29ClN2O4. The van der Waals surface area contributed by atoms with Crippen LogP contribution < -0.4 is 19.3 Å². The van der Waals surface area contributed by atoms with Gasteiger partial charge in [-0.2, -0.15) is 0 Å². The number of carbonyl (C=O) groups excluding carboxylic acids is 2. The quantitative estimate of drug-likeness (QED) is 0.436. The normalized spacial score (nSPS) is 15.1. The van der Waals surface area contributed by atoms with Crippen molar-refractivity contribution in [2.75, 3.05) is 24.0 Å². The Morgan fingerprint density at radius 3 is 2.29 bits per heavy atom. The molecule has 1 unspecified atom stereocenters. The van der Waals surface area contributed by atoms with E-state index in [1.165, 1.54) is 6.92 Å². The van der Waals surface area contributed by atoms with Gasteiger partial charge in [-0.15, -0.1) is 0 Å². The van der Waals surface area contributed by atoms with E-state index in [4.69, 9.17) is 21.1 Å². The van der Waals surface area contributed by atoms with Crippen LogP contribution in [-0.4, -0.2) is 32.1 Å². The molecule has 4 rings (SSSR count). The molecule has 1 atom stereocenters. The van der Waals surface area contributed by atoms with E-state index in [2.05, 4.69) is 0 Å². The molecule has 35 heavy (non-hydrogen) atoms. The van der Waals surface area contributed by atoms with Crippen molar-refractivity contribution in [2.24, 2.45) is 0 Å². The molecule has 0 N–H and O–H groups in total. The predicted molar refractivity (Wildman–Crippen MR) is 139 cm³/mol. The van der Waals surface area contributed by atoms with Gasteiger partial charge in [-0.3, -0.25) is 9.59 Å². The van der Waals surface area contributed by atoms with Gasteiger partial charge in [0.2, 0.25) is 11.8 Å². The van der Waals surface area contributed by atoms with E-state index < -0.39 is 0 Å². The maximum Gasteiger partial charge on any atom is 0.232 e. The lowest BCUT2D eigenvalue weighted by Crippen LogP contribution is -2.41. The highest BCUT2D eigenvalue weighted by molar-refractivity contribution is 6.30. The molecule has 1 heterocycles. The van der Waals surface area contributed by atoms with Crippen molar-refractivity contribution in [2.45, 2.75) is 39.3 Å². The van der Waals surface area contributed by atoms with Crippen molar-refractivity contribution in [1.29, 1.82) is 0 Å². The molecule has 3 aromatic carbocycles. The summed E-state index contributed by atoms with van der Waals surface area (Å²) in [6, 6.07) is 18.5. The van der Waals surface area contributed by atoms with Crippen LogP contribution in [0.1, 0.15) is 43.5 Å². The summed E-state index contributed by atoms with van der Waals surface area (Å²) < 4.78 is 11.6. The van der Waals surface area contributed by atoms with E-state index in [0.29, 0.717) is 16.5 Å². The number of nitrogens with zero attached hydrogens (tertiary/aromatic N) is 2. The second-order valence-corrected chi connectivity index (χ2v) is 9.29. The molecule has 1 aliphatic heterocycles. The van der Waals surface area contributed by atoms with E-state index in [1.54, 1.807) is 24.0 Å². The number of rotatable bonds is 6. The van der Waals surface area contributed by atoms with Crippen molar-refractivity contribution < 1.29 is 19.1 Å². The Morgan fingerprint density at radius 1 is 1.06 bits per heavy atom.